The van der Waals surface area contributed by atoms with Crippen molar-refractivity contribution in [3.8, 4) is 0 Å². The lowest BCUT2D eigenvalue weighted by molar-refractivity contribution is 0.489. The van der Waals surface area contributed by atoms with Gasteiger partial charge in [0.1, 0.15) is 5.82 Å². The van der Waals surface area contributed by atoms with E-state index in [2.05, 4.69) is 40.3 Å². The second-order valence-corrected chi connectivity index (χ2v) is 5.43. The lowest BCUT2D eigenvalue weighted by atomic mass is 10.1. The van der Waals surface area contributed by atoms with Crippen molar-refractivity contribution in [1.82, 2.24) is 25.1 Å². The number of rotatable bonds is 7. The zero-order valence-corrected chi connectivity index (χ0v) is 13.4. The molecule has 0 spiro atoms. The Bertz CT molecular complexity index is 559. The molecule has 0 saturated heterocycles. The van der Waals surface area contributed by atoms with Crippen LogP contribution in [0.5, 0.6) is 0 Å². The van der Waals surface area contributed by atoms with Gasteiger partial charge in [0.15, 0.2) is 0 Å². The lowest BCUT2D eigenvalue weighted by Gasteiger charge is -2.17. The molecule has 5 nitrogen and oxygen atoms in total. The van der Waals surface area contributed by atoms with E-state index in [1.165, 1.54) is 5.69 Å². The van der Waals surface area contributed by atoms with Crippen molar-refractivity contribution >= 4 is 0 Å². The molecule has 0 fully saturated rings. The summed E-state index contributed by atoms with van der Waals surface area (Å²) in [4.78, 5) is 8.96. The first-order valence-electron chi connectivity index (χ1n) is 7.67. The standard InChI is InChI=1S/C16H25N5/c1-5-7-17-15(16-18-10-12(3)11-19-16)9-14-8-13(6-2)20-21(14)4/h8,10-11,15,17H,5-7,9H2,1-4H3. The summed E-state index contributed by atoms with van der Waals surface area (Å²) in [6, 6.07) is 2.31. The molecule has 1 N–H and O–H groups in total. The summed E-state index contributed by atoms with van der Waals surface area (Å²) in [6.45, 7) is 7.26. The molecule has 0 aliphatic rings. The van der Waals surface area contributed by atoms with Gasteiger partial charge in [0.2, 0.25) is 0 Å². The van der Waals surface area contributed by atoms with Crippen LogP contribution in [0.25, 0.3) is 0 Å². The monoisotopic (exact) mass is 287 g/mol. The SMILES string of the molecule is CCCNC(Cc1cc(CC)nn1C)c1ncc(C)cn1. The van der Waals surface area contributed by atoms with Gasteiger partial charge in [0.05, 0.1) is 11.7 Å². The number of aromatic nitrogens is 4. The van der Waals surface area contributed by atoms with E-state index < -0.39 is 0 Å². The molecule has 0 amide bonds. The van der Waals surface area contributed by atoms with Crippen LogP contribution in [0.2, 0.25) is 0 Å². The molecule has 0 aliphatic carbocycles. The van der Waals surface area contributed by atoms with Crippen molar-refractivity contribution in [3.63, 3.8) is 0 Å². The van der Waals surface area contributed by atoms with Gasteiger partial charge in [-0.1, -0.05) is 13.8 Å². The summed E-state index contributed by atoms with van der Waals surface area (Å²) in [5.41, 5.74) is 3.43. The van der Waals surface area contributed by atoms with Crippen molar-refractivity contribution < 1.29 is 0 Å². The highest BCUT2D eigenvalue weighted by molar-refractivity contribution is 5.14. The first kappa shape index (κ1) is 15.6. The third-order valence-electron chi connectivity index (χ3n) is 3.56. The van der Waals surface area contributed by atoms with Crippen LogP contribution in [0.1, 0.15) is 49.1 Å². The average molecular weight is 287 g/mol. The van der Waals surface area contributed by atoms with Crippen LogP contribution in [0.4, 0.5) is 0 Å². The summed E-state index contributed by atoms with van der Waals surface area (Å²) < 4.78 is 1.97. The zero-order chi connectivity index (χ0) is 15.2. The van der Waals surface area contributed by atoms with Gasteiger partial charge >= 0.3 is 0 Å². The largest absolute Gasteiger partial charge is 0.307 e. The highest BCUT2D eigenvalue weighted by atomic mass is 15.3. The maximum atomic E-state index is 4.52. The molecule has 0 radical (unpaired) electrons. The first-order chi connectivity index (χ1) is 10.1. The van der Waals surface area contributed by atoms with E-state index >= 15 is 0 Å². The fourth-order valence-corrected chi connectivity index (χ4v) is 2.30. The van der Waals surface area contributed by atoms with E-state index in [0.29, 0.717) is 0 Å². The molecule has 1 unspecified atom stereocenters. The highest BCUT2D eigenvalue weighted by Gasteiger charge is 2.17. The van der Waals surface area contributed by atoms with Crippen LogP contribution >= 0.6 is 0 Å². The van der Waals surface area contributed by atoms with Gasteiger partial charge in [-0.05, 0) is 37.9 Å². The molecule has 2 aromatic heterocycles. The third-order valence-corrected chi connectivity index (χ3v) is 3.56. The maximum absolute atomic E-state index is 4.52. The fraction of sp³-hybridized carbons (Fsp3) is 0.562. The summed E-state index contributed by atoms with van der Waals surface area (Å²) in [5, 5.41) is 8.06. The molecule has 0 aliphatic heterocycles. The van der Waals surface area contributed by atoms with Gasteiger partial charge in [-0.25, -0.2) is 9.97 Å². The number of hydrogen-bond acceptors (Lipinski definition) is 4. The van der Waals surface area contributed by atoms with Crippen LogP contribution < -0.4 is 5.32 Å². The van der Waals surface area contributed by atoms with E-state index in [4.69, 9.17) is 0 Å². The normalized spacial score (nSPS) is 12.6. The number of aryl methyl sites for hydroxylation is 3. The highest BCUT2D eigenvalue weighted by Crippen LogP contribution is 2.16. The van der Waals surface area contributed by atoms with Crippen LogP contribution in [-0.4, -0.2) is 26.3 Å². The van der Waals surface area contributed by atoms with Crippen molar-refractivity contribution in [2.24, 2.45) is 7.05 Å². The van der Waals surface area contributed by atoms with Gasteiger partial charge in [-0.2, -0.15) is 5.10 Å². The van der Waals surface area contributed by atoms with E-state index in [1.807, 2.05) is 31.0 Å². The van der Waals surface area contributed by atoms with E-state index in [0.717, 1.165) is 42.9 Å². The number of hydrogen-bond donors (Lipinski definition) is 1. The van der Waals surface area contributed by atoms with Crippen molar-refractivity contribution in [3.05, 3.63) is 41.2 Å². The summed E-state index contributed by atoms with van der Waals surface area (Å²) in [6.07, 6.45) is 6.66. The minimum Gasteiger partial charge on any atom is -0.307 e. The average Bonchev–Trinajstić information content (AvgIpc) is 2.85. The molecular weight excluding hydrogens is 262 g/mol. The van der Waals surface area contributed by atoms with Crippen LogP contribution in [0, 0.1) is 6.92 Å². The van der Waals surface area contributed by atoms with Crippen molar-refractivity contribution in [1.29, 1.82) is 0 Å². The molecule has 21 heavy (non-hydrogen) atoms. The maximum Gasteiger partial charge on any atom is 0.145 e. The predicted octanol–water partition coefficient (Wildman–Crippen LogP) is 2.36. The van der Waals surface area contributed by atoms with E-state index in [1.54, 1.807) is 0 Å². The zero-order valence-electron chi connectivity index (χ0n) is 13.4. The molecular formula is C16H25N5. The molecule has 5 heteroatoms. The van der Waals surface area contributed by atoms with E-state index in [-0.39, 0.29) is 6.04 Å². The number of nitrogens with one attached hydrogen (secondary N) is 1. The van der Waals surface area contributed by atoms with E-state index in [9.17, 15) is 0 Å². The molecule has 0 saturated carbocycles. The molecule has 0 bridgehead atoms. The fourth-order valence-electron chi connectivity index (χ4n) is 2.30. The van der Waals surface area contributed by atoms with Crippen LogP contribution in [0.15, 0.2) is 18.5 Å². The van der Waals surface area contributed by atoms with Crippen LogP contribution in [0.3, 0.4) is 0 Å². The van der Waals surface area contributed by atoms with Crippen molar-refractivity contribution in [2.75, 3.05) is 6.54 Å². The van der Waals surface area contributed by atoms with Gasteiger partial charge < -0.3 is 5.32 Å². The Morgan fingerprint density at radius 1 is 1.24 bits per heavy atom. The molecule has 2 heterocycles. The Labute approximate surface area is 126 Å². The van der Waals surface area contributed by atoms with Gasteiger partial charge in [0.25, 0.3) is 0 Å². The summed E-state index contributed by atoms with van der Waals surface area (Å²) in [7, 11) is 2.00. The molecule has 2 aromatic rings. The van der Waals surface area contributed by atoms with Gasteiger partial charge in [-0.15, -0.1) is 0 Å². The van der Waals surface area contributed by atoms with Gasteiger partial charge in [-0.3, -0.25) is 4.68 Å². The molecule has 1 atom stereocenters. The third kappa shape index (κ3) is 4.11. The summed E-state index contributed by atoms with van der Waals surface area (Å²) >= 11 is 0. The predicted molar refractivity (Wildman–Crippen MR) is 84.1 cm³/mol. The topological polar surface area (TPSA) is 55.6 Å². The molecule has 114 valence electrons. The number of nitrogens with zero attached hydrogens (tertiary/aromatic N) is 4. The quantitative estimate of drug-likeness (QED) is 0.849. The van der Waals surface area contributed by atoms with Crippen molar-refractivity contribution in [2.45, 2.75) is 46.1 Å². The van der Waals surface area contributed by atoms with Crippen LogP contribution in [-0.2, 0) is 19.9 Å². The second-order valence-electron chi connectivity index (χ2n) is 5.43. The Kier molecular flexibility index (Phi) is 5.44. The Morgan fingerprint density at radius 2 is 1.95 bits per heavy atom. The lowest BCUT2D eigenvalue weighted by Crippen LogP contribution is -2.26. The molecule has 0 aromatic carbocycles. The van der Waals surface area contributed by atoms with Gasteiger partial charge in [0, 0.05) is 31.6 Å². The minimum absolute atomic E-state index is 0.130. The minimum atomic E-state index is 0.130. The first-order valence-corrected chi connectivity index (χ1v) is 7.67. The second kappa shape index (κ2) is 7.31. The molecule has 2 rings (SSSR count). The Morgan fingerprint density at radius 3 is 2.52 bits per heavy atom. The Hall–Kier alpha value is -1.75. The Balaban J connectivity index is 2.19. The summed E-state index contributed by atoms with van der Waals surface area (Å²) in [5.74, 6) is 0.855. The smallest absolute Gasteiger partial charge is 0.145 e.